The second-order valence-corrected chi connectivity index (χ2v) is 5.30. The van der Waals surface area contributed by atoms with E-state index in [9.17, 15) is 13.2 Å². The van der Waals surface area contributed by atoms with E-state index in [1.165, 1.54) is 19.1 Å². The number of amides is 1. The molecule has 6 heteroatoms. The first-order valence-corrected chi connectivity index (χ1v) is 6.91. The van der Waals surface area contributed by atoms with Crippen LogP contribution in [0.4, 0.5) is 0 Å². The molecule has 94 valence electrons. The minimum Gasteiger partial charge on any atom is -0.494 e. The van der Waals surface area contributed by atoms with Crippen LogP contribution in [-0.4, -0.2) is 26.7 Å². The summed E-state index contributed by atoms with van der Waals surface area (Å²) in [6.07, 6.45) is 0. The monoisotopic (exact) mass is 257 g/mol. The van der Waals surface area contributed by atoms with Crippen molar-refractivity contribution in [2.45, 2.75) is 13.8 Å². The van der Waals surface area contributed by atoms with Gasteiger partial charge in [0, 0.05) is 5.56 Å². The van der Waals surface area contributed by atoms with Gasteiger partial charge in [-0.15, -0.1) is 0 Å². The quantitative estimate of drug-likeness (QED) is 0.859. The van der Waals surface area contributed by atoms with E-state index >= 15 is 0 Å². The third kappa shape index (κ3) is 4.07. The number of ether oxygens (including phenoxy) is 1. The molecule has 0 fully saturated rings. The first kappa shape index (κ1) is 13.5. The molecule has 0 spiro atoms. The van der Waals surface area contributed by atoms with Crippen molar-refractivity contribution in [3.05, 3.63) is 29.8 Å². The Hall–Kier alpha value is -1.56. The van der Waals surface area contributed by atoms with Crippen molar-refractivity contribution in [1.82, 2.24) is 4.72 Å². The second-order valence-electron chi connectivity index (χ2n) is 3.29. The van der Waals surface area contributed by atoms with Crippen LogP contribution in [0.3, 0.4) is 0 Å². The number of rotatable bonds is 5. The molecule has 0 bridgehead atoms. The molecule has 1 aromatic carbocycles. The molecule has 0 saturated carbocycles. The van der Waals surface area contributed by atoms with Crippen LogP contribution in [0.15, 0.2) is 24.3 Å². The van der Waals surface area contributed by atoms with E-state index in [1.54, 1.807) is 12.1 Å². The molecule has 0 saturated heterocycles. The standard InChI is InChI=1S/C11H15NO4S/c1-3-16-10-7-5-9(6-8-10)11(13)12-17(14,15)4-2/h5-8H,3-4H2,1-2H3,(H,12,13). The number of hydrogen-bond acceptors (Lipinski definition) is 4. The molecule has 0 aliphatic carbocycles. The zero-order chi connectivity index (χ0) is 12.9. The molecule has 17 heavy (non-hydrogen) atoms. The molecule has 0 aliphatic heterocycles. The highest BCUT2D eigenvalue weighted by atomic mass is 32.2. The van der Waals surface area contributed by atoms with Crippen molar-refractivity contribution in [2.75, 3.05) is 12.4 Å². The van der Waals surface area contributed by atoms with E-state index in [1.807, 2.05) is 11.6 Å². The number of carbonyl (C=O) groups excluding carboxylic acids is 1. The van der Waals surface area contributed by atoms with Crippen LogP contribution in [0.25, 0.3) is 0 Å². The van der Waals surface area contributed by atoms with Gasteiger partial charge >= 0.3 is 0 Å². The smallest absolute Gasteiger partial charge is 0.264 e. The SMILES string of the molecule is CCOc1ccc(C(=O)NS(=O)(=O)CC)cc1. The molecule has 1 amide bonds. The second kappa shape index (κ2) is 5.67. The Morgan fingerprint density at radius 3 is 2.29 bits per heavy atom. The minimum atomic E-state index is -3.52. The average molecular weight is 257 g/mol. The lowest BCUT2D eigenvalue weighted by molar-refractivity contribution is 0.0981. The number of benzene rings is 1. The van der Waals surface area contributed by atoms with Crippen molar-refractivity contribution < 1.29 is 17.9 Å². The lowest BCUT2D eigenvalue weighted by atomic mass is 10.2. The first-order valence-electron chi connectivity index (χ1n) is 5.26. The van der Waals surface area contributed by atoms with Crippen molar-refractivity contribution in [3.63, 3.8) is 0 Å². The van der Waals surface area contributed by atoms with Gasteiger partial charge in [0.05, 0.1) is 12.4 Å². The normalized spacial score (nSPS) is 10.9. The van der Waals surface area contributed by atoms with Gasteiger partial charge in [-0.25, -0.2) is 13.1 Å². The fourth-order valence-electron chi connectivity index (χ4n) is 1.14. The van der Waals surface area contributed by atoms with Gasteiger partial charge in [-0.2, -0.15) is 0 Å². The van der Waals surface area contributed by atoms with Crippen LogP contribution in [-0.2, 0) is 10.0 Å². The van der Waals surface area contributed by atoms with E-state index in [4.69, 9.17) is 4.74 Å². The fourth-order valence-corrected chi connectivity index (χ4v) is 1.69. The van der Waals surface area contributed by atoms with Gasteiger partial charge in [0.1, 0.15) is 5.75 Å². The van der Waals surface area contributed by atoms with E-state index < -0.39 is 15.9 Å². The number of sulfonamides is 1. The third-order valence-corrected chi connectivity index (χ3v) is 3.31. The molecule has 5 nitrogen and oxygen atoms in total. The maximum absolute atomic E-state index is 11.6. The largest absolute Gasteiger partial charge is 0.494 e. The van der Waals surface area contributed by atoms with Gasteiger partial charge in [0.25, 0.3) is 5.91 Å². The topological polar surface area (TPSA) is 72.5 Å². The number of nitrogens with one attached hydrogen (secondary N) is 1. The fraction of sp³-hybridized carbons (Fsp3) is 0.364. The van der Waals surface area contributed by atoms with Crippen molar-refractivity contribution in [2.24, 2.45) is 0 Å². The van der Waals surface area contributed by atoms with Crippen LogP contribution >= 0.6 is 0 Å². The van der Waals surface area contributed by atoms with E-state index in [2.05, 4.69) is 0 Å². The van der Waals surface area contributed by atoms with E-state index in [0.29, 0.717) is 12.4 Å². The zero-order valence-corrected chi connectivity index (χ0v) is 10.6. The van der Waals surface area contributed by atoms with Crippen molar-refractivity contribution in [3.8, 4) is 5.75 Å². The molecule has 1 N–H and O–H groups in total. The Morgan fingerprint density at radius 1 is 1.24 bits per heavy atom. The van der Waals surface area contributed by atoms with Crippen LogP contribution < -0.4 is 9.46 Å². The summed E-state index contributed by atoms with van der Waals surface area (Å²) in [6, 6.07) is 6.28. The van der Waals surface area contributed by atoms with Crippen LogP contribution in [0.5, 0.6) is 5.75 Å². The van der Waals surface area contributed by atoms with Gasteiger partial charge in [0.2, 0.25) is 10.0 Å². The molecule has 0 heterocycles. The first-order chi connectivity index (χ1) is 7.98. The Kier molecular flexibility index (Phi) is 4.51. The van der Waals surface area contributed by atoms with Gasteiger partial charge in [-0.3, -0.25) is 4.79 Å². The summed E-state index contributed by atoms with van der Waals surface area (Å²) in [6.45, 7) is 3.86. The van der Waals surface area contributed by atoms with Crippen molar-refractivity contribution in [1.29, 1.82) is 0 Å². The molecule has 0 aromatic heterocycles. The molecule has 1 aromatic rings. The molecular formula is C11H15NO4S. The zero-order valence-electron chi connectivity index (χ0n) is 9.76. The van der Waals surface area contributed by atoms with Crippen LogP contribution in [0.2, 0.25) is 0 Å². The Balaban J connectivity index is 2.77. The van der Waals surface area contributed by atoms with Gasteiger partial charge in [-0.05, 0) is 38.1 Å². The highest BCUT2D eigenvalue weighted by molar-refractivity contribution is 7.90. The van der Waals surface area contributed by atoms with Crippen LogP contribution in [0.1, 0.15) is 24.2 Å². The lowest BCUT2D eigenvalue weighted by Crippen LogP contribution is -2.31. The Morgan fingerprint density at radius 2 is 1.82 bits per heavy atom. The number of carbonyl (C=O) groups is 1. The summed E-state index contributed by atoms with van der Waals surface area (Å²) in [7, 11) is -3.52. The molecule has 0 aliphatic rings. The van der Waals surface area contributed by atoms with Crippen LogP contribution in [0, 0.1) is 0 Å². The predicted molar refractivity (Wildman–Crippen MR) is 64.5 cm³/mol. The van der Waals surface area contributed by atoms with E-state index in [-0.39, 0.29) is 11.3 Å². The maximum Gasteiger partial charge on any atom is 0.264 e. The third-order valence-electron chi connectivity index (χ3n) is 2.06. The predicted octanol–water partition coefficient (Wildman–Crippen LogP) is 1.16. The summed E-state index contributed by atoms with van der Waals surface area (Å²) in [5, 5.41) is 0. The summed E-state index contributed by atoms with van der Waals surface area (Å²) in [4.78, 5) is 11.6. The molecule has 0 atom stereocenters. The highest BCUT2D eigenvalue weighted by Gasteiger charge is 2.13. The summed E-state index contributed by atoms with van der Waals surface area (Å²) in [5.74, 6) is -0.118. The summed E-state index contributed by atoms with van der Waals surface area (Å²) < 4.78 is 29.6. The van der Waals surface area contributed by atoms with Gasteiger partial charge in [-0.1, -0.05) is 0 Å². The summed E-state index contributed by atoms with van der Waals surface area (Å²) >= 11 is 0. The van der Waals surface area contributed by atoms with E-state index in [0.717, 1.165) is 0 Å². The molecular weight excluding hydrogens is 242 g/mol. The Labute approximate surface area is 101 Å². The van der Waals surface area contributed by atoms with Gasteiger partial charge in [0.15, 0.2) is 0 Å². The van der Waals surface area contributed by atoms with Gasteiger partial charge < -0.3 is 4.74 Å². The lowest BCUT2D eigenvalue weighted by Gasteiger charge is -2.06. The minimum absolute atomic E-state index is 0.129. The highest BCUT2D eigenvalue weighted by Crippen LogP contribution is 2.12. The average Bonchev–Trinajstić information content (AvgIpc) is 2.30. The van der Waals surface area contributed by atoms with Crippen molar-refractivity contribution >= 4 is 15.9 Å². The maximum atomic E-state index is 11.6. The molecule has 1 rings (SSSR count). The summed E-state index contributed by atoms with van der Waals surface area (Å²) in [5.41, 5.74) is 0.283. The Bertz CT molecular complexity index is 479. The molecule has 0 unspecified atom stereocenters. The number of hydrogen-bond donors (Lipinski definition) is 1. The molecule has 0 radical (unpaired) electrons.